The summed E-state index contributed by atoms with van der Waals surface area (Å²) < 4.78 is 0. The van der Waals surface area contributed by atoms with Crippen LogP contribution in [0.3, 0.4) is 0 Å². The molecular weight excluding hydrogens is 182 g/mol. The molecule has 1 rings (SSSR count). The molecule has 1 unspecified atom stereocenters. The van der Waals surface area contributed by atoms with Crippen LogP contribution in [0.4, 0.5) is 0 Å². The molecule has 2 amide bonds. The first-order valence-corrected chi connectivity index (χ1v) is 4.86. The van der Waals surface area contributed by atoms with Gasteiger partial charge in [-0.25, -0.2) is 0 Å². The number of carbonyl (C=O) groups excluding carboxylic acids is 2. The van der Waals surface area contributed by atoms with Crippen molar-refractivity contribution in [3.63, 3.8) is 0 Å². The summed E-state index contributed by atoms with van der Waals surface area (Å²) in [5, 5.41) is 5.67. The molecule has 1 saturated heterocycles. The SMILES string of the molecule is CC1(C(=O)NCC(N)=O)CCCCN1. The van der Waals surface area contributed by atoms with E-state index >= 15 is 0 Å². The molecule has 5 nitrogen and oxygen atoms in total. The fraction of sp³-hybridized carbons (Fsp3) is 0.778. The van der Waals surface area contributed by atoms with Gasteiger partial charge in [0, 0.05) is 0 Å². The highest BCUT2D eigenvalue weighted by molar-refractivity contribution is 5.89. The van der Waals surface area contributed by atoms with Crippen LogP contribution in [-0.4, -0.2) is 30.4 Å². The molecule has 0 saturated carbocycles. The molecule has 1 aliphatic rings. The molecule has 0 aliphatic carbocycles. The van der Waals surface area contributed by atoms with E-state index in [9.17, 15) is 9.59 Å². The molecule has 80 valence electrons. The third-order valence-electron chi connectivity index (χ3n) is 2.54. The van der Waals surface area contributed by atoms with Crippen molar-refractivity contribution in [1.29, 1.82) is 0 Å². The number of piperidine rings is 1. The van der Waals surface area contributed by atoms with E-state index in [1.54, 1.807) is 0 Å². The van der Waals surface area contributed by atoms with Crippen molar-refractivity contribution in [2.75, 3.05) is 13.1 Å². The van der Waals surface area contributed by atoms with E-state index in [0.717, 1.165) is 25.8 Å². The minimum absolute atomic E-state index is 0.0872. The van der Waals surface area contributed by atoms with Crippen LogP contribution in [0.1, 0.15) is 26.2 Å². The van der Waals surface area contributed by atoms with Crippen molar-refractivity contribution in [3.8, 4) is 0 Å². The quantitative estimate of drug-likeness (QED) is 0.552. The molecule has 0 bridgehead atoms. The lowest BCUT2D eigenvalue weighted by atomic mass is 9.90. The van der Waals surface area contributed by atoms with E-state index in [1.165, 1.54) is 0 Å². The minimum atomic E-state index is -0.534. The van der Waals surface area contributed by atoms with Gasteiger partial charge in [0.25, 0.3) is 0 Å². The summed E-state index contributed by atoms with van der Waals surface area (Å²) in [6.45, 7) is 2.61. The molecule has 0 spiro atoms. The van der Waals surface area contributed by atoms with Crippen LogP contribution in [0.5, 0.6) is 0 Å². The van der Waals surface area contributed by atoms with Gasteiger partial charge in [0.15, 0.2) is 0 Å². The van der Waals surface area contributed by atoms with Gasteiger partial charge in [-0.1, -0.05) is 0 Å². The van der Waals surface area contributed by atoms with Gasteiger partial charge in [-0.15, -0.1) is 0 Å². The highest BCUT2D eigenvalue weighted by atomic mass is 16.2. The van der Waals surface area contributed by atoms with Crippen molar-refractivity contribution in [2.45, 2.75) is 31.7 Å². The molecule has 4 N–H and O–H groups in total. The Balaban J connectivity index is 2.45. The van der Waals surface area contributed by atoms with Gasteiger partial charge in [0.2, 0.25) is 11.8 Å². The van der Waals surface area contributed by atoms with E-state index in [4.69, 9.17) is 5.73 Å². The van der Waals surface area contributed by atoms with Gasteiger partial charge in [-0.3, -0.25) is 9.59 Å². The summed E-state index contributed by atoms with van der Waals surface area (Å²) in [6.07, 6.45) is 2.93. The number of primary amides is 1. The van der Waals surface area contributed by atoms with Crippen molar-refractivity contribution in [2.24, 2.45) is 5.73 Å². The monoisotopic (exact) mass is 199 g/mol. The average Bonchev–Trinajstić information content (AvgIpc) is 2.15. The smallest absolute Gasteiger partial charge is 0.240 e. The maximum atomic E-state index is 11.6. The van der Waals surface area contributed by atoms with Gasteiger partial charge in [-0.05, 0) is 32.7 Å². The summed E-state index contributed by atoms with van der Waals surface area (Å²) in [7, 11) is 0. The molecule has 0 aromatic carbocycles. The van der Waals surface area contributed by atoms with E-state index in [-0.39, 0.29) is 12.5 Å². The van der Waals surface area contributed by atoms with E-state index in [2.05, 4.69) is 10.6 Å². The Morgan fingerprint density at radius 3 is 2.71 bits per heavy atom. The number of nitrogens with one attached hydrogen (secondary N) is 2. The maximum Gasteiger partial charge on any atom is 0.240 e. The number of hydrogen-bond acceptors (Lipinski definition) is 3. The number of nitrogens with two attached hydrogens (primary N) is 1. The predicted molar refractivity (Wildman–Crippen MR) is 52.5 cm³/mol. The fourth-order valence-corrected chi connectivity index (χ4v) is 1.61. The topological polar surface area (TPSA) is 84.2 Å². The van der Waals surface area contributed by atoms with Crippen LogP contribution in [0.15, 0.2) is 0 Å². The van der Waals surface area contributed by atoms with Crippen LogP contribution < -0.4 is 16.4 Å². The standard InChI is InChI=1S/C9H17N3O2/c1-9(4-2-3-5-12-9)8(14)11-6-7(10)13/h12H,2-6H2,1H3,(H2,10,13)(H,11,14). The van der Waals surface area contributed by atoms with Gasteiger partial charge < -0.3 is 16.4 Å². The van der Waals surface area contributed by atoms with Crippen molar-refractivity contribution in [3.05, 3.63) is 0 Å². The average molecular weight is 199 g/mol. The molecule has 1 fully saturated rings. The Morgan fingerprint density at radius 1 is 1.50 bits per heavy atom. The number of hydrogen-bond donors (Lipinski definition) is 3. The molecule has 5 heteroatoms. The Hall–Kier alpha value is -1.10. The molecule has 0 radical (unpaired) electrons. The van der Waals surface area contributed by atoms with E-state index in [0.29, 0.717) is 0 Å². The Bertz CT molecular complexity index is 234. The minimum Gasteiger partial charge on any atom is -0.368 e. The van der Waals surface area contributed by atoms with Crippen LogP contribution in [-0.2, 0) is 9.59 Å². The lowest BCUT2D eigenvalue weighted by Gasteiger charge is -2.33. The lowest BCUT2D eigenvalue weighted by Crippen LogP contribution is -2.57. The molecule has 0 aromatic heterocycles. The first-order valence-electron chi connectivity index (χ1n) is 4.86. The predicted octanol–water partition coefficient (Wildman–Crippen LogP) is -0.880. The van der Waals surface area contributed by atoms with Gasteiger partial charge in [0.05, 0.1) is 12.1 Å². The van der Waals surface area contributed by atoms with Crippen LogP contribution >= 0.6 is 0 Å². The molecule has 14 heavy (non-hydrogen) atoms. The molecular formula is C9H17N3O2. The second kappa shape index (κ2) is 4.41. The maximum absolute atomic E-state index is 11.6. The number of amides is 2. The second-order valence-electron chi connectivity index (χ2n) is 3.86. The van der Waals surface area contributed by atoms with Crippen LogP contribution in [0.25, 0.3) is 0 Å². The van der Waals surface area contributed by atoms with Crippen molar-refractivity contribution in [1.82, 2.24) is 10.6 Å². The van der Waals surface area contributed by atoms with Gasteiger partial charge in [-0.2, -0.15) is 0 Å². The van der Waals surface area contributed by atoms with Crippen molar-refractivity contribution >= 4 is 11.8 Å². The van der Waals surface area contributed by atoms with E-state index < -0.39 is 11.4 Å². The summed E-state index contributed by atoms with van der Waals surface area (Å²) in [6, 6.07) is 0. The summed E-state index contributed by atoms with van der Waals surface area (Å²) >= 11 is 0. The highest BCUT2D eigenvalue weighted by Gasteiger charge is 2.33. The zero-order valence-corrected chi connectivity index (χ0v) is 8.43. The molecule has 1 atom stereocenters. The first-order chi connectivity index (χ1) is 6.54. The van der Waals surface area contributed by atoms with Gasteiger partial charge in [0.1, 0.15) is 0 Å². The second-order valence-corrected chi connectivity index (χ2v) is 3.86. The summed E-state index contributed by atoms with van der Waals surface area (Å²) in [5.41, 5.74) is 4.41. The Labute approximate surface area is 83.4 Å². The summed E-state index contributed by atoms with van der Waals surface area (Å²) in [4.78, 5) is 22.1. The van der Waals surface area contributed by atoms with Crippen molar-refractivity contribution < 1.29 is 9.59 Å². The normalized spacial score (nSPS) is 26.9. The van der Waals surface area contributed by atoms with E-state index in [1.807, 2.05) is 6.92 Å². The summed E-state index contributed by atoms with van der Waals surface area (Å²) in [5.74, 6) is -0.659. The first kappa shape index (κ1) is 11.0. The van der Waals surface area contributed by atoms with Crippen LogP contribution in [0.2, 0.25) is 0 Å². The number of carbonyl (C=O) groups is 2. The molecule has 1 aliphatic heterocycles. The molecule has 1 heterocycles. The third-order valence-corrected chi connectivity index (χ3v) is 2.54. The largest absolute Gasteiger partial charge is 0.368 e. The third kappa shape index (κ3) is 2.70. The highest BCUT2D eigenvalue weighted by Crippen LogP contribution is 2.18. The zero-order valence-electron chi connectivity index (χ0n) is 8.43. The Morgan fingerprint density at radius 2 is 2.21 bits per heavy atom. The zero-order chi connectivity index (χ0) is 10.6. The Kier molecular flexibility index (Phi) is 3.46. The number of rotatable bonds is 3. The molecule has 0 aromatic rings. The lowest BCUT2D eigenvalue weighted by molar-refractivity contribution is -0.130. The van der Waals surface area contributed by atoms with Gasteiger partial charge >= 0.3 is 0 Å². The fourth-order valence-electron chi connectivity index (χ4n) is 1.61. The van der Waals surface area contributed by atoms with Crippen LogP contribution in [0, 0.1) is 0 Å².